The van der Waals surface area contributed by atoms with E-state index in [1.54, 1.807) is 0 Å². The molecule has 0 radical (unpaired) electrons. The van der Waals surface area contributed by atoms with Gasteiger partial charge in [0.15, 0.2) is 0 Å². The van der Waals surface area contributed by atoms with Crippen LogP contribution in [0.15, 0.2) is 0 Å². The van der Waals surface area contributed by atoms with Crippen molar-refractivity contribution in [1.82, 2.24) is 0 Å². The molecule has 2 aliphatic carbocycles. The largest absolute Gasteiger partial charge is 0.365 e. The second kappa shape index (κ2) is 4.57. The number of hydrogen-bond acceptors (Lipinski definition) is 1. The van der Waals surface area contributed by atoms with Gasteiger partial charge in [-0.25, -0.2) is 0 Å². The lowest BCUT2D eigenvalue weighted by atomic mass is 9.64. The molecule has 2 rings (SSSR count). The summed E-state index contributed by atoms with van der Waals surface area (Å²) in [7, 11) is 1.86. The van der Waals surface area contributed by atoms with Gasteiger partial charge in [0, 0.05) is 18.9 Å². The molecule has 3 unspecified atom stereocenters. The Morgan fingerprint density at radius 3 is 2.44 bits per heavy atom. The first-order valence-corrected chi connectivity index (χ1v) is 7.49. The molecule has 3 atom stereocenters. The van der Waals surface area contributed by atoms with E-state index in [0.717, 1.165) is 18.8 Å². The molecule has 18 heavy (non-hydrogen) atoms. The van der Waals surface area contributed by atoms with Gasteiger partial charge in [-0.15, -0.1) is 5.92 Å². The minimum Gasteiger partial charge on any atom is -0.365 e. The van der Waals surface area contributed by atoms with Crippen molar-refractivity contribution in [1.29, 1.82) is 0 Å². The minimum atomic E-state index is -0.187. The van der Waals surface area contributed by atoms with Crippen LogP contribution in [0.3, 0.4) is 0 Å². The van der Waals surface area contributed by atoms with Crippen molar-refractivity contribution in [2.75, 3.05) is 7.11 Å². The average molecular weight is 248 g/mol. The van der Waals surface area contributed by atoms with Crippen LogP contribution in [0.2, 0.25) is 0 Å². The molecule has 0 aromatic carbocycles. The Morgan fingerprint density at radius 1 is 1.28 bits per heavy atom. The number of unbranched alkanes of at least 4 members (excludes halogenated alkanes) is 2. The van der Waals surface area contributed by atoms with E-state index in [4.69, 9.17) is 4.74 Å². The Morgan fingerprint density at radius 2 is 2.00 bits per heavy atom. The maximum atomic E-state index is 5.98. The molecule has 0 heterocycles. The molecule has 2 aliphatic rings. The number of ether oxygens (including phenoxy) is 1. The molecule has 1 nitrogen and oxygen atoms in total. The maximum Gasteiger partial charge on any atom is 0.134 e. The molecular formula is C17H28O. The lowest BCUT2D eigenvalue weighted by Gasteiger charge is -2.44. The highest BCUT2D eigenvalue weighted by molar-refractivity contribution is 5.30. The van der Waals surface area contributed by atoms with Crippen molar-refractivity contribution in [3.05, 3.63) is 0 Å². The summed E-state index contributed by atoms with van der Waals surface area (Å²) in [6.45, 7) is 9.45. The Labute approximate surface area is 113 Å². The molecule has 0 spiro atoms. The highest BCUT2D eigenvalue weighted by Crippen LogP contribution is 2.70. The third-order valence-electron chi connectivity index (χ3n) is 6.15. The lowest BCUT2D eigenvalue weighted by Crippen LogP contribution is -2.47. The molecule has 2 bridgehead atoms. The van der Waals surface area contributed by atoms with E-state index in [2.05, 4.69) is 39.5 Å². The van der Waals surface area contributed by atoms with E-state index in [1.807, 2.05) is 7.11 Å². The van der Waals surface area contributed by atoms with Crippen molar-refractivity contribution in [2.45, 2.75) is 71.8 Å². The third-order valence-corrected chi connectivity index (χ3v) is 6.15. The molecule has 0 amide bonds. The van der Waals surface area contributed by atoms with E-state index in [-0.39, 0.29) is 11.0 Å². The summed E-state index contributed by atoms with van der Waals surface area (Å²) in [4.78, 5) is 0. The van der Waals surface area contributed by atoms with Crippen LogP contribution in [-0.4, -0.2) is 12.7 Å². The Balaban J connectivity index is 2.26. The van der Waals surface area contributed by atoms with Gasteiger partial charge in [0.1, 0.15) is 5.60 Å². The third kappa shape index (κ3) is 1.65. The van der Waals surface area contributed by atoms with E-state index in [9.17, 15) is 0 Å². The smallest absolute Gasteiger partial charge is 0.134 e. The Bertz CT molecular complexity index is 373. The van der Waals surface area contributed by atoms with Crippen molar-refractivity contribution >= 4 is 0 Å². The standard InChI is InChI=1S/C17H28O/c1-6-7-8-9-11-17(18-5)13-14-10-12-16(17,4)15(14,2)3/h14H,6-8,10,12-13H2,1-5H3. The topological polar surface area (TPSA) is 9.23 Å². The van der Waals surface area contributed by atoms with Crippen LogP contribution in [0.4, 0.5) is 0 Å². The molecule has 2 saturated carbocycles. The van der Waals surface area contributed by atoms with E-state index in [1.165, 1.54) is 25.7 Å². The molecule has 0 saturated heterocycles. The Kier molecular flexibility index (Phi) is 3.54. The molecule has 0 N–H and O–H groups in total. The lowest BCUT2D eigenvalue weighted by molar-refractivity contribution is -0.0741. The summed E-state index contributed by atoms with van der Waals surface area (Å²) in [5.41, 5.74) is 0.397. The van der Waals surface area contributed by atoms with Crippen LogP contribution in [0.25, 0.3) is 0 Å². The molecule has 2 fully saturated rings. The molecule has 0 aliphatic heterocycles. The van der Waals surface area contributed by atoms with Crippen molar-refractivity contribution in [3.8, 4) is 11.8 Å². The zero-order valence-electron chi connectivity index (χ0n) is 12.7. The molecule has 0 aromatic rings. The number of hydrogen-bond donors (Lipinski definition) is 0. The summed E-state index contributed by atoms with van der Waals surface area (Å²) in [5.74, 6) is 7.71. The van der Waals surface area contributed by atoms with Gasteiger partial charge in [0.05, 0.1) is 0 Å². The summed E-state index contributed by atoms with van der Waals surface area (Å²) in [6, 6.07) is 0. The summed E-state index contributed by atoms with van der Waals surface area (Å²) >= 11 is 0. The van der Waals surface area contributed by atoms with Crippen LogP contribution in [0.5, 0.6) is 0 Å². The van der Waals surface area contributed by atoms with Crippen LogP contribution < -0.4 is 0 Å². The molecule has 102 valence electrons. The first-order valence-electron chi connectivity index (χ1n) is 7.49. The Hall–Kier alpha value is -0.480. The van der Waals surface area contributed by atoms with Crippen LogP contribution in [0.1, 0.15) is 66.2 Å². The van der Waals surface area contributed by atoms with Gasteiger partial charge in [-0.05, 0) is 37.0 Å². The number of methoxy groups -OCH3 is 1. The normalized spacial score (nSPS) is 40.6. The first kappa shape index (κ1) is 13.9. The number of rotatable bonds is 3. The summed E-state index contributed by atoms with van der Waals surface area (Å²) < 4.78 is 5.98. The van der Waals surface area contributed by atoms with Crippen molar-refractivity contribution < 1.29 is 4.74 Å². The van der Waals surface area contributed by atoms with Crippen LogP contribution in [-0.2, 0) is 4.74 Å². The average Bonchev–Trinajstić information content (AvgIpc) is 2.66. The fraction of sp³-hybridized carbons (Fsp3) is 0.882. The minimum absolute atomic E-state index is 0.187. The van der Waals surface area contributed by atoms with Crippen molar-refractivity contribution in [2.24, 2.45) is 16.7 Å². The predicted molar refractivity (Wildman–Crippen MR) is 76.3 cm³/mol. The van der Waals surface area contributed by atoms with E-state index >= 15 is 0 Å². The zero-order chi connectivity index (χ0) is 13.4. The molecular weight excluding hydrogens is 220 g/mol. The second-order valence-corrected chi connectivity index (χ2v) is 6.93. The summed E-state index contributed by atoms with van der Waals surface area (Å²) in [6.07, 6.45) is 7.19. The maximum absolute atomic E-state index is 5.98. The van der Waals surface area contributed by atoms with Gasteiger partial charge in [0.25, 0.3) is 0 Å². The van der Waals surface area contributed by atoms with Gasteiger partial charge in [0.2, 0.25) is 0 Å². The van der Waals surface area contributed by atoms with Crippen LogP contribution in [0, 0.1) is 28.6 Å². The van der Waals surface area contributed by atoms with Gasteiger partial charge in [-0.3, -0.25) is 0 Å². The van der Waals surface area contributed by atoms with Gasteiger partial charge in [-0.1, -0.05) is 40.0 Å². The van der Waals surface area contributed by atoms with Crippen LogP contribution >= 0.6 is 0 Å². The van der Waals surface area contributed by atoms with Gasteiger partial charge in [-0.2, -0.15) is 0 Å². The summed E-state index contributed by atoms with van der Waals surface area (Å²) in [5, 5.41) is 0. The fourth-order valence-corrected chi connectivity index (χ4v) is 4.27. The monoisotopic (exact) mass is 248 g/mol. The second-order valence-electron chi connectivity index (χ2n) is 6.93. The quantitative estimate of drug-likeness (QED) is 0.531. The predicted octanol–water partition coefficient (Wildman–Crippen LogP) is 4.41. The first-order chi connectivity index (χ1) is 8.43. The van der Waals surface area contributed by atoms with Gasteiger partial charge >= 0.3 is 0 Å². The van der Waals surface area contributed by atoms with E-state index in [0.29, 0.717) is 5.41 Å². The number of fused-ring (bicyclic) bond motifs is 2. The fourth-order valence-electron chi connectivity index (χ4n) is 4.27. The van der Waals surface area contributed by atoms with E-state index < -0.39 is 0 Å². The highest BCUT2D eigenvalue weighted by Gasteiger charge is 2.68. The SMILES string of the molecule is CCCCC#CC1(OC)CC2CCC1(C)C2(C)C. The van der Waals surface area contributed by atoms with Crippen molar-refractivity contribution in [3.63, 3.8) is 0 Å². The molecule has 0 aromatic heterocycles. The van der Waals surface area contributed by atoms with Gasteiger partial charge < -0.3 is 4.74 Å². The zero-order valence-corrected chi connectivity index (χ0v) is 12.7. The molecule has 1 heteroatoms. The highest BCUT2D eigenvalue weighted by atomic mass is 16.5.